The molecule has 16 rings (SSSR count). The van der Waals surface area contributed by atoms with Gasteiger partial charge in [0.1, 0.15) is 0 Å². The van der Waals surface area contributed by atoms with Crippen molar-refractivity contribution < 1.29 is 0 Å². The van der Waals surface area contributed by atoms with Gasteiger partial charge in [-0.2, -0.15) is 0 Å². The fraction of sp³-hybridized carbons (Fsp3) is 0.182. The minimum atomic E-state index is 0.0296. The maximum Gasteiger partial charge on any atom is 0.0465 e. The average Bonchev–Trinajstić information content (AvgIpc) is 1.57. The van der Waals surface area contributed by atoms with Gasteiger partial charge < -0.3 is 19.6 Å². The van der Waals surface area contributed by atoms with Gasteiger partial charge in [-0.05, 0) is 255 Å². The number of benzene rings is 12. The van der Waals surface area contributed by atoms with Gasteiger partial charge in [-0.15, -0.1) is 0 Å². The third-order valence-corrected chi connectivity index (χ3v) is 20.9. The SMILES string of the molecule is Cc1ccc(N(c2ccc(C)cc2)c2ccc(N(c3ccc(-c4ccc(N(c5ccc(N(c6ccc(C)cc6)c6ccc(C)cc6)cc5)c5ccc6c(c5)C5(CCCCC5)c5ccccc5-6)cc4)cc3)c3ccc4c(c3)C3(CCCCC3)c3ccccc3-4)cc2)cc1. The van der Waals surface area contributed by atoms with Crippen molar-refractivity contribution in [2.45, 2.75) is 103 Å². The number of hydrogen-bond donors (Lipinski definition) is 0. The van der Waals surface area contributed by atoms with Crippen LogP contribution in [0.5, 0.6) is 0 Å². The third kappa shape index (κ3) is 10.1. The van der Waals surface area contributed by atoms with Crippen LogP contribution >= 0.6 is 0 Å². The van der Waals surface area contributed by atoms with Gasteiger partial charge in [0.05, 0.1) is 0 Å². The van der Waals surface area contributed by atoms with Crippen molar-refractivity contribution in [1.29, 1.82) is 0 Å². The molecule has 92 heavy (non-hydrogen) atoms. The summed E-state index contributed by atoms with van der Waals surface area (Å²) in [6.45, 7) is 8.62. The second kappa shape index (κ2) is 23.6. The number of rotatable bonds is 13. The number of aryl methyl sites for hydroxylation is 4. The molecule has 0 unspecified atom stereocenters. The van der Waals surface area contributed by atoms with Crippen LogP contribution in [0.15, 0.2) is 279 Å². The zero-order valence-corrected chi connectivity index (χ0v) is 53.4. The van der Waals surface area contributed by atoms with Gasteiger partial charge >= 0.3 is 0 Å². The molecule has 0 aliphatic heterocycles. The minimum absolute atomic E-state index is 0.0296. The molecule has 4 heteroatoms. The molecule has 2 saturated carbocycles. The Morgan fingerprint density at radius 1 is 0.207 bits per heavy atom. The second-order valence-electron chi connectivity index (χ2n) is 26.6. The van der Waals surface area contributed by atoms with E-state index in [1.807, 2.05) is 0 Å². The Balaban J connectivity index is 0.774. The molecule has 0 atom stereocenters. The fourth-order valence-electron chi connectivity index (χ4n) is 16.2. The lowest BCUT2D eigenvalue weighted by atomic mass is 9.68. The van der Waals surface area contributed by atoms with Gasteiger partial charge in [-0.25, -0.2) is 0 Å². The summed E-state index contributed by atoms with van der Waals surface area (Å²) in [7, 11) is 0. The lowest BCUT2D eigenvalue weighted by Gasteiger charge is -2.36. The normalized spacial score (nSPS) is 14.7. The first-order valence-electron chi connectivity index (χ1n) is 33.5. The van der Waals surface area contributed by atoms with Crippen LogP contribution in [-0.4, -0.2) is 0 Å². The summed E-state index contributed by atoms with van der Waals surface area (Å²) in [6, 6.07) is 106. The predicted molar refractivity (Wildman–Crippen MR) is 388 cm³/mol. The second-order valence-corrected chi connectivity index (χ2v) is 26.6. The summed E-state index contributed by atoms with van der Waals surface area (Å²) < 4.78 is 0. The highest BCUT2D eigenvalue weighted by Crippen LogP contribution is 2.59. The molecule has 12 aromatic carbocycles. The first kappa shape index (κ1) is 57.0. The van der Waals surface area contributed by atoms with Crippen LogP contribution in [0.2, 0.25) is 0 Å². The van der Waals surface area contributed by atoms with Crippen molar-refractivity contribution in [2.24, 2.45) is 0 Å². The van der Waals surface area contributed by atoms with Crippen LogP contribution in [-0.2, 0) is 10.8 Å². The van der Waals surface area contributed by atoms with Crippen molar-refractivity contribution >= 4 is 68.2 Å². The Kier molecular flexibility index (Phi) is 14.6. The van der Waals surface area contributed by atoms with E-state index in [4.69, 9.17) is 0 Å². The molecule has 450 valence electrons. The molecule has 12 aromatic rings. The summed E-state index contributed by atoms with van der Waals surface area (Å²) in [5, 5.41) is 0. The average molecular weight is 1190 g/mol. The van der Waals surface area contributed by atoms with E-state index in [0.29, 0.717) is 0 Å². The van der Waals surface area contributed by atoms with Gasteiger partial charge in [0.15, 0.2) is 0 Å². The van der Waals surface area contributed by atoms with E-state index in [9.17, 15) is 0 Å². The minimum Gasteiger partial charge on any atom is -0.311 e. The van der Waals surface area contributed by atoms with Crippen LogP contribution in [0.25, 0.3) is 33.4 Å². The van der Waals surface area contributed by atoms with Gasteiger partial charge in [0, 0.05) is 79.1 Å². The van der Waals surface area contributed by atoms with Crippen molar-refractivity contribution in [2.75, 3.05) is 19.6 Å². The van der Waals surface area contributed by atoms with E-state index >= 15 is 0 Å². The molecule has 0 radical (unpaired) electrons. The van der Waals surface area contributed by atoms with Crippen molar-refractivity contribution in [1.82, 2.24) is 0 Å². The maximum absolute atomic E-state index is 2.55. The Labute approximate surface area is 544 Å². The first-order chi connectivity index (χ1) is 45.2. The summed E-state index contributed by atoms with van der Waals surface area (Å²) in [4.78, 5) is 9.70. The van der Waals surface area contributed by atoms with E-state index in [1.165, 1.54) is 153 Å². The highest BCUT2D eigenvalue weighted by molar-refractivity contribution is 5.90. The largest absolute Gasteiger partial charge is 0.311 e. The molecule has 4 aliphatic rings. The smallest absolute Gasteiger partial charge is 0.0465 e. The van der Waals surface area contributed by atoms with Crippen LogP contribution in [0.4, 0.5) is 68.2 Å². The van der Waals surface area contributed by atoms with E-state index in [-0.39, 0.29) is 10.8 Å². The molecule has 0 heterocycles. The molecule has 2 spiro atoms. The van der Waals surface area contributed by atoms with Crippen LogP contribution in [0, 0.1) is 27.7 Å². The molecule has 4 aliphatic carbocycles. The Bertz CT molecular complexity index is 4240. The van der Waals surface area contributed by atoms with Gasteiger partial charge in [-0.1, -0.05) is 194 Å². The molecular formula is C88H78N4. The number of nitrogens with zero attached hydrogens (tertiary/aromatic N) is 4. The molecular weight excluding hydrogens is 1110 g/mol. The molecule has 0 aromatic heterocycles. The molecule has 2 fully saturated rings. The van der Waals surface area contributed by atoms with Crippen molar-refractivity contribution in [3.63, 3.8) is 0 Å². The number of hydrogen-bond acceptors (Lipinski definition) is 4. The monoisotopic (exact) mass is 1190 g/mol. The van der Waals surface area contributed by atoms with Crippen molar-refractivity contribution in [3.8, 4) is 33.4 Å². The highest BCUT2D eigenvalue weighted by Gasteiger charge is 2.45. The number of anilines is 12. The van der Waals surface area contributed by atoms with Gasteiger partial charge in [0.2, 0.25) is 0 Å². The zero-order valence-electron chi connectivity index (χ0n) is 53.4. The highest BCUT2D eigenvalue weighted by atomic mass is 15.2. The topological polar surface area (TPSA) is 13.0 Å². The van der Waals surface area contributed by atoms with E-state index < -0.39 is 0 Å². The Morgan fingerprint density at radius 3 is 0.707 bits per heavy atom. The molecule has 4 nitrogen and oxygen atoms in total. The van der Waals surface area contributed by atoms with Gasteiger partial charge in [-0.3, -0.25) is 0 Å². The summed E-state index contributed by atoms with van der Waals surface area (Å²) in [5.74, 6) is 0. The fourth-order valence-corrected chi connectivity index (χ4v) is 16.2. The van der Waals surface area contributed by atoms with Gasteiger partial charge in [0.25, 0.3) is 0 Å². The van der Waals surface area contributed by atoms with Crippen LogP contribution in [0.1, 0.15) is 109 Å². The summed E-state index contributed by atoms with van der Waals surface area (Å²) in [5.41, 5.74) is 32.5. The molecule has 0 bridgehead atoms. The lowest BCUT2D eigenvalue weighted by molar-refractivity contribution is 0.353. The Morgan fingerprint density at radius 2 is 0.424 bits per heavy atom. The number of fused-ring (bicyclic) bond motifs is 10. The first-order valence-corrected chi connectivity index (χ1v) is 33.5. The van der Waals surface area contributed by atoms with E-state index in [2.05, 4.69) is 326 Å². The molecule has 0 saturated heterocycles. The summed E-state index contributed by atoms with van der Waals surface area (Å²) >= 11 is 0. The lowest BCUT2D eigenvalue weighted by Crippen LogP contribution is -2.28. The quantitative estimate of drug-likeness (QED) is 0.114. The molecule has 0 N–H and O–H groups in total. The van der Waals surface area contributed by atoms with Crippen molar-refractivity contribution in [3.05, 3.63) is 324 Å². The predicted octanol–water partition coefficient (Wildman–Crippen LogP) is 24.9. The zero-order chi connectivity index (χ0) is 61.9. The van der Waals surface area contributed by atoms with E-state index in [0.717, 1.165) is 56.9 Å². The maximum atomic E-state index is 2.55. The Hall–Kier alpha value is -10.2. The summed E-state index contributed by atoms with van der Waals surface area (Å²) in [6.07, 6.45) is 12.4. The molecule has 0 amide bonds. The third-order valence-electron chi connectivity index (χ3n) is 20.9. The standard InChI is InChI=1S/C88H78N4/c1-61-19-31-67(32-20-61)89(68-33-21-62(2)22-34-68)73-43-47-75(48-44-73)91(77-51-53-81-79-15-7-9-17-83(79)87(85(81)59-77)55-11-5-12-56-87)71-39-27-65(28-40-71)66-29-41-72(42-30-66)92(78-52-54-82-80-16-8-10-18-84(80)88(86(82)60-78)57-13-6-14-58-88)76-49-45-74(46-50-76)90(69-35-23-63(3)24-36-69)70-37-25-64(4)26-38-70/h7-10,15-54,59-60H,5-6,11-14,55-58H2,1-4H3. The van der Waals surface area contributed by atoms with Crippen LogP contribution < -0.4 is 19.6 Å². The van der Waals surface area contributed by atoms with E-state index in [1.54, 1.807) is 0 Å². The van der Waals surface area contributed by atoms with Crippen LogP contribution in [0.3, 0.4) is 0 Å².